The maximum atomic E-state index is 12.0. The van der Waals surface area contributed by atoms with E-state index in [1.165, 1.54) is 10.5 Å². The molecule has 312 valence electrons. The van der Waals surface area contributed by atoms with Crippen LogP contribution in [0.5, 0.6) is 11.6 Å². The number of carbonyl (C=O) groups is 2. The van der Waals surface area contributed by atoms with Crippen LogP contribution in [-0.4, -0.2) is 55.5 Å². The molecule has 2 amide bonds. The second kappa shape index (κ2) is 19.4. The van der Waals surface area contributed by atoms with Crippen molar-refractivity contribution in [3.05, 3.63) is 144 Å². The molecule has 0 spiro atoms. The lowest BCUT2D eigenvalue weighted by atomic mass is 9.92. The zero-order valence-electron chi connectivity index (χ0n) is 34.1. The molecular formula is C48H54N6O5S. The van der Waals surface area contributed by atoms with E-state index in [1.54, 1.807) is 23.9 Å². The number of aryl methyl sites for hydroxylation is 2. The van der Waals surface area contributed by atoms with E-state index in [2.05, 4.69) is 40.3 Å². The van der Waals surface area contributed by atoms with Crippen LogP contribution in [0.2, 0.25) is 0 Å². The summed E-state index contributed by atoms with van der Waals surface area (Å²) in [6.07, 6.45) is 10.0. The zero-order valence-corrected chi connectivity index (χ0v) is 34.9. The van der Waals surface area contributed by atoms with E-state index in [0.717, 1.165) is 84.8 Å². The molecule has 0 aliphatic heterocycles. The first-order valence-corrected chi connectivity index (χ1v) is 21.4. The van der Waals surface area contributed by atoms with Crippen molar-refractivity contribution in [1.82, 2.24) is 9.13 Å². The van der Waals surface area contributed by atoms with Gasteiger partial charge in [0.25, 0.3) is 11.8 Å². The van der Waals surface area contributed by atoms with Gasteiger partial charge in [-0.1, -0.05) is 48.2 Å². The van der Waals surface area contributed by atoms with E-state index in [1.807, 2.05) is 103 Å². The van der Waals surface area contributed by atoms with Crippen LogP contribution in [0.25, 0.3) is 11.4 Å². The van der Waals surface area contributed by atoms with E-state index in [4.69, 9.17) is 16.2 Å². The van der Waals surface area contributed by atoms with E-state index in [0.29, 0.717) is 22.7 Å². The highest BCUT2D eigenvalue weighted by atomic mass is 32.2. The largest absolute Gasteiger partial charge is 0.440 e. The van der Waals surface area contributed by atoms with E-state index < -0.39 is 11.8 Å². The summed E-state index contributed by atoms with van der Waals surface area (Å²) in [5.74, 6) is 0.568. The average Bonchev–Trinajstić information content (AvgIpc) is 3.91. The highest BCUT2D eigenvalue weighted by Crippen LogP contribution is 2.35. The fourth-order valence-electron chi connectivity index (χ4n) is 7.80. The van der Waals surface area contributed by atoms with Gasteiger partial charge in [0.15, 0.2) is 0 Å². The van der Waals surface area contributed by atoms with Gasteiger partial charge in [0.2, 0.25) is 5.88 Å². The molecule has 2 aliphatic rings. The molecule has 8 rings (SSSR count). The third kappa shape index (κ3) is 10.4. The number of ether oxygens (including phenoxy) is 1. The molecule has 2 heterocycles. The highest BCUT2D eigenvalue weighted by Gasteiger charge is 2.23. The summed E-state index contributed by atoms with van der Waals surface area (Å²) in [5, 5.41) is 27.6. The number of nitrogens with one attached hydrogen (secondary N) is 2. The van der Waals surface area contributed by atoms with Crippen molar-refractivity contribution in [2.45, 2.75) is 99.4 Å². The number of aliphatic hydroxyl groups excluding tert-OH is 2. The smallest absolute Gasteiger partial charge is 0.250 e. The molecule has 6 aromatic rings. The van der Waals surface area contributed by atoms with Gasteiger partial charge >= 0.3 is 0 Å². The molecule has 12 heteroatoms. The fraction of sp³-hybridized carbons (Fsp3) is 0.292. The van der Waals surface area contributed by atoms with Crippen molar-refractivity contribution in [3.63, 3.8) is 0 Å². The van der Waals surface area contributed by atoms with Crippen LogP contribution in [0.15, 0.2) is 132 Å². The number of aliphatic hydroxyl groups is 2. The van der Waals surface area contributed by atoms with Crippen LogP contribution < -0.4 is 26.8 Å². The third-order valence-electron chi connectivity index (χ3n) is 11.2. The lowest BCUT2D eigenvalue weighted by Gasteiger charge is -2.28. The SMILES string of the molecule is Cc1ccccc1Oc1cccn1-c1ccc(C(N)=O)c(NC2CCC(O)CC2)c1.Cc1ccccc1Sc1cccn1-c1ccc(C(N)=O)c(NC2CCC(O)CC2)c1. The Hall–Kier alpha value is -5.95. The van der Waals surface area contributed by atoms with Crippen LogP contribution in [0.1, 0.15) is 83.2 Å². The van der Waals surface area contributed by atoms with Gasteiger partial charge in [0.05, 0.1) is 34.0 Å². The first kappa shape index (κ1) is 42.2. The van der Waals surface area contributed by atoms with E-state index >= 15 is 0 Å². The van der Waals surface area contributed by atoms with Crippen LogP contribution in [0.3, 0.4) is 0 Å². The number of rotatable bonds is 12. The minimum absolute atomic E-state index is 0.203. The second-order valence-electron chi connectivity index (χ2n) is 15.7. The van der Waals surface area contributed by atoms with Gasteiger partial charge in [0.1, 0.15) is 5.75 Å². The topological polar surface area (TPSA) is 170 Å². The van der Waals surface area contributed by atoms with Crippen LogP contribution in [-0.2, 0) is 0 Å². The maximum absolute atomic E-state index is 12.0. The molecule has 8 N–H and O–H groups in total. The molecule has 2 aliphatic carbocycles. The Morgan fingerprint density at radius 1 is 0.617 bits per heavy atom. The predicted molar refractivity (Wildman–Crippen MR) is 239 cm³/mol. The van der Waals surface area contributed by atoms with Gasteiger partial charge in [-0.25, -0.2) is 0 Å². The van der Waals surface area contributed by atoms with E-state index in [-0.39, 0.29) is 24.3 Å². The van der Waals surface area contributed by atoms with Gasteiger partial charge in [-0.15, -0.1) is 0 Å². The third-order valence-corrected chi connectivity index (χ3v) is 12.5. The number of amides is 2. The summed E-state index contributed by atoms with van der Waals surface area (Å²) >= 11 is 1.72. The lowest BCUT2D eigenvalue weighted by Crippen LogP contribution is -2.29. The molecule has 0 unspecified atom stereocenters. The summed E-state index contributed by atoms with van der Waals surface area (Å²) in [4.78, 5) is 25.2. The molecule has 2 fully saturated rings. The van der Waals surface area contributed by atoms with Gasteiger partial charge < -0.3 is 41.6 Å². The van der Waals surface area contributed by atoms with Crippen molar-refractivity contribution in [3.8, 4) is 23.0 Å². The van der Waals surface area contributed by atoms with Gasteiger partial charge in [-0.3, -0.25) is 14.2 Å². The standard InChI is InChI=1S/C24H27N3O3.C24H27N3O2S/c2*1-16-5-2-3-6-22(16)30-23-7-4-14-27(23)18-10-13-20(24(25)29)21(15-18)26-17-8-11-19(28)12-9-17/h2*2-7,10,13-15,17,19,26,28H,8-9,11-12H2,1H3,(H2,25,29). The van der Waals surface area contributed by atoms with Crippen LogP contribution >= 0.6 is 11.8 Å². The minimum atomic E-state index is -0.469. The molecular weight excluding hydrogens is 773 g/mol. The molecule has 0 saturated heterocycles. The maximum Gasteiger partial charge on any atom is 0.250 e. The molecule has 60 heavy (non-hydrogen) atoms. The lowest BCUT2D eigenvalue weighted by molar-refractivity contribution is 0.0992. The summed E-state index contributed by atoms with van der Waals surface area (Å²) < 4.78 is 10.2. The number of hydrogen-bond donors (Lipinski definition) is 6. The number of hydrogen-bond acceptors (Lipinski definition) is 8. The molecule has 2 aromatic heterocycles. The molecule has 0 radical (unpaired) electrons. The number of benzene rings is 4. The van der Waals surface area contributed by atoms with Gasteiger partial charge in [-0.2, -0.15) is 0 Å². The Balaban J connectivity index is 0.000000181. The number of aromatic nitrogens is 2. The van der Waals surface area contributed by atoms with Gasteiger partial charge in [-0.05, 0) is 143 Å². The van der Waals surface area contributed by atoms with Crippen LogP contribution in [0, 0.1) is 13.8 Å². The number of carbonyl (C=O) groups excluding carboxylic acids is 2. The summed E-state index contributed by atoms with van der Waals surface area (Å²) in [6, 6.07) is 35.8. The Morgan fingerprint density at radius 3 is 1.67 bits per heavy atom. The van der Waals surface area contributed by atoms with Gasteiger partial charge in [0, 0.05) is 52.5 Å². The number of nitrogens with zero attached hydrogens (tertiary/aromatic N) is 2. The Morgan fingerprint density at radius 2 is 1.12 bits per heavy atom. The first-order valence-electron chi connectivity index (χ1n) is 20.6. The highest BCUT2D eigenvalue weighted by molar-refractivity contribution is 7.99. The molecule has 0 bridgehead atoms. The molecule has 11 nitrogen and oxygen atoms in total. The number of nitrogens with two attached hydrogens (primary N) is 2. The normalized spacial score (nSPS) is 18.8. The minimum Gasteiger partial charge on any atom is -0.440 e. The van der Waals surface area contributed by atoms with Crippen molar-refractivity contribution >= 4 is 35.0 Å². The van der Waals surface area contributed by atoms with E-state index in [9.17, 15) is 19.8 Å². The predicted octanol–water partition coefficient (Wildman–Crippen LogP) is 9.14. The summed E-state index contributed by atoms with van der Waals surface area (Å²) in [5.41, 5.74) is 17.8. The number of para-hydroxylation sites is 1. The Labute approximate surface area is 355 Å². The summed E-state index contributed by atoms with van der Waals surface area (Å²) in [7, 11) is 0. The fourth-order valence-corrected chi connectivity index (χ4v) is 8.82. The van der Waals surface area contributed by atoms with Crippen LogP contribution in [0.4, 0.5) is 11.4 Å². The molecule has 4 aromatic carbocycles. The monoisotopic (exact) mass is 826 g/mol. The Kier molecular flexibility index (Phi) is 13.6. The average molecular weight is 827 g/mol. The Bertz CT molecular complexity index is 2240. The van der Waals surface area contributed by atoms with Crippen molar-refractivity contribution in [2.24, 2.45) is 11.5 Å². The number of primary amides is 2. The second-order valence-corrected chi connectivity index (χ2v) is 16.7. The molecule has 0 atom stereocenters. The molecule has 2 saturated carbocycles. The number of anilines is 2. The summed E-state index contributed by atoms with van der Waals surface area (Å²) in [6.45, 7) is 4.12. The quantitative estimate of drug-likeness (QED) is 0.0710. The first-order chi connectivity index (χ1) is 29.0. The van der Waals surface area contributed by atoms with Crippen molar-refractivity contribution in [1.29, 1.82) is 0 Å². The zero-order chi connectivity index (χ0) is 42.2. The van der Waals surface area contributed by atoms with Crippen molar-refractivity contribution in [2.75, 3.05) is 10.6 Å². The van der Waals surface area contributed by atoms with Crippen molar-refractivity contribution < 1.29 is 24.5 Å².